The Morgan fingerprint density at radius 1 is 1.21 bits per heavy atom. The lowest BCUT2D eigenvalue weighted by Gasteiger charge is -2.21. The van der Waals surface area contributed by atoms with Gasteiger partial charge in [0.1, 0.15) is 23.1 Å². The summed E-state index contributed by atoms with van der Waals surface area (Å²) in [5.41, 5.74) is 0.721. The van der Waals surface area contributed by atoms with E-state index in [-0.39, 0.29) is 10.6 Å². The summed E-state index contributed by atoms with van der Waals surface area (Å²) in [5.74, 6) is 0.0465. The number of benzene rings is 1. The van der Waals surface area contributed by atoms with Gasteiger partial charge in [-0.3, -0.25) is 8.71 Å². The Kier molecular flexibility index (Phi) is 3.91. The van der Waals surface area contributed by atoms with Crippen molar-refractivity contribution in [1.29, 1.82) is 5.26 Å². The van der Waals surface area contributed by atoms with Crippen molar-refractivity contribution in [2.24, 2.45) is 0 Å². The molecule has 7 nitrogen and oxygen atoms in total. The van der Waals surface area contributed by atoms with Gasteiger partial charge in [-0.2, -0.15) is 5.26 Å². The Balaban J connectivity index is 2.12. The average Bonchev–Trinajstić information content (AvgIpc) is 2.94. The highest BCUT2D eigenvalue weighted by Gasteiger charge is 2.25. The number of anilines is 1. The van der Waals surface area contributed by atoms with Crippen molar-refractivity contribution in [1.82, 2.24) is 14.6 Å². The molecular weight excluding hydrogens is 333 g/mol. The van der Waals surface area contributed by atoms with Gasteiger partial charge < -0.3 is 0 Å². The molecule has 0 unspecified atom stereocenters. The van der Waals surface area contributed by atoms with Gasteiger partial charge in [0.25, 0.3) is 10.0 Å². The van der Waals surface area contributed by atoms with Crippen molar-refractivity contribution in [3.63, 3.8) is 0 Å². The molecule has 0 amide bonds. The predicted molar refractivity (Wildman–Crippen MR) is 84.3 cm³/mol. The standard InChI is InChI=1S/C15H12FN5O2S/c1-11-18-19-15-7-6-14(10-20(11)15)24(22,23)21(9-8-17)13-4-2-12(16)3-5-13/h2-7,10H,9H2,1H3. The number of rotatable bonds is 4. The highest BCUT2D eigenvalue weighted by molar-refractivity contribution is 7.92. The van der Waals surface area contributed by atoms with Crippen LogP contribution in [0, 0.1) is 24.1 Å². The van der Waals surface area contributed by atoms with Crippen LogP contribution in [0.1, 0.15) is 5.82 Å². The topological polar surface area (TPSA) is 91.4 Å². The molecule has 2 aromatic heterocycles. The monoisotopic (exact) mass is 345 g/mol. The molecule has 0 aliphatic rings. The summed E-state index contributed by atoms with van der Waals surface area (Å²) in [6, 6.07) is 9.65. The molecule has 2 heterocycles. The Hall–Kier alpha value is -2.99. The highest BCUT2D eigenvalue weighted by atomic mass is 32.2. The molecule has 0 radical (unpaired) electrons. The highest BCUT2D eigenvalue weighted by Crippen LogP contribution is 2.24. The molecule has 0 aliphatic carbocycles. The third-order valence-electron chi connectivity index (χ3n) is 3.46. The fraction of sp³-hybridized carbons (Fsp3) is 0.133. The Bertz CT molecular complexity index is 1040. The number of nitriles is 1. The molecule has 0 bridgehead atoms. The van der Waals surface area contributed by atoms with E-state index in [2.05, 4.69) is 10.2 Å². The number of pyridine rings is 1. The smallest absolute Gasteiger partial charge is 0.266 e. The summed E-state index contributed by atoms with van der Waals surface area (Å²) in [4.78, 5) is -0.0162. The second-order valence-electron chi connectivity index (χ2n) is 4.99. The SMILES string of the molecule is Cc1nnc2ccc(S(=O)(=O)N(CC#N)c3ccc(F)cc3)cn12. The van der Waals surface area contributed by atoms with E-state index in [9.17, 15) is 12.8 Å². The molecule has 9 heteroatoms. The maximum absolute atomic E-state index is 13.1. The van der Waals surface area contributed by atoms with Crippen molar-refractivity contribution < 1.29 is 12.8 Å². The van der Waals surface area contributed by atoms with Gasteiger partial charge in [-0.25, -0.2) is 12.8 Å². The first-order valence-electron chi connectivity index (χ1n) is 6.90. The Morgan fingerprint density at radius 2 is 1.92 bits per heavy atom. The summed E-state index contributed by atoms with van der Waals surface area (Å²) in [6.45, 7) is 1.30. The molecule has 3 aromatic rings. The maximum Gasteiger partial charge on any atom is 0.266 e. The molecule has 0 spiro atoms. The molecule has 1 aromatic carbocycles. The zero-order valence-electron chi connectivity index (χ0n) is 12.6. The molecular formula is C15H12FN5O2S. The zero-order valence-corrected chi connectivity index (χ0v) is 13.4. The summed E-state index contributed by atoms with van der Waals surface area (Å²) >= 11 is 0. The van der Waals surface area contributed by atoms with Crippen LogP contribution in [0.25, 0.3) is 5.65 Å². The van der Waals surface area contributed by atoms with Crippen molar-refractivity contribution in [3.8, 4) is 6.07 Å². The molecule has 122 valence electrons. The number of nitrogens with zero attached hydrogens (tertiary/aromatic N) is 5. The molecule has 0 atom stereocenters. The van der Waals surface area contributed by atoms with Crippen LogP contribution in [0.4, 0.5) is 10.1 Å². The largest absolute Gasteiger partial charge is 0.285 e. The van der Waals surface area contributed by atoms with E-state index in [1.807, 2.05) is 6.07 Å². The third-order valence-corrected chi connectivity index (χ3v) is 5.22. The molecule has 0 aliphatic heterocycles. The van der Waals surface area contributed by atoms with Crippen LogP contribution in [0.3, 0.4) is 0 Å². The van der Waals surface area contributed by atoms with Crippen molar-refractivity contribution in [2.75, 3.05) is 10.8 Å². The lowest BCUT2D eigenvalue weighted by atomic mass is 10.3. The molecule has 24 heavy (non-hydrogen) atoms. The Labute approximate surface area is 137 Å². The number of aromatic nitrogens is 3. The van der Waals surface area contributed by atoms with E-state index in [1.54, 1.807) is 11.3 Å². The maximum atomic E-state index is 13.1. The van der Waals surface area contributed by atoms with Gasteiger partial charge in [0.15, 0.2) is 5.65 Å². The van der Waals surface area contributed by atoms with Crippen molar-refractivity contribution in [2.45, 2.75) is 11.8 Å². The van der Waals surface area contributed by atoms with E-state index in [1.165, 1.54) is 30.5 Å². The van der Waals surface area contributed by atoms with Gasteiger partial charge in [0, 0.05) is 6.20 Å². The van der Waals surface area contributed by atoms with E-state index in [0.717, 1.165) is 16.4 Å². The van der Waals surface area contributed by atoms with Crippen LogP contribution in [0.15, 0.2) is 47.5 Å². The number of hydrogen-bond donors (Lipinski definition) is 0. The number of aryl methyl sites for hydroxylation is 1. The minimum atomic E-state index is -4.00. The summed E-state index contributed by atoms with van der Waals surface area (Å²) in [5, 5.41) is 16.8. The second kappa shape index (κ2) is 5.90. The van der Waals surface area contributed by atoms with Gasteiger partial charge in [-0.05, 0) is 43.3 Å². The minimum absolute atomic E-state index is 0.0162. The first kappa shape index (κ1) is 15.9. The van der Waals surface area contributed by atoms with E-state index in [0.29, 0.717) is 11.5 Å². The quantitative estimate of drug-likeness (QED) is 0.674. The normalized spacial score (nSPS) is 11.4. The van der Waals surface area contributed by atoms with Crippen molar-refractivity contribution >= 4 is 21.4 Å². The molecule has 0 saturated carbocycles. The third kappa shape index (κ3) is 2.68. The average molecular weight is 345 g/mol. The van der Waals surface area contributed by atoms with Gasteiger partial charge in [-0.1, -0.05) is 0 Å². The fourth-order valence-electron chi connectivity index (χ4n) is 2.25. The molecule has 0 N–H and O–H groups in total. The number of fused-ring (bicyclic) bond motifs is 1. The van der Waals surface area contributed by atoms with Crippen LogP contribution in [-0.2, 0) is 10.0 Å². The van der Waals surface area contributed by atoms with E-state index in [4.69, 9.17) is 5.26 Å². The lowest BCUT2D eigenvalue weighted by molar-refractivity contribution is 0.592. The molecule has 3 rings (SSSR count). The first-order chi connectivity index (χ1) is 11.4. The first-order valence-corrected chi connectivity index (χ1v) is 8.34. The summed E-state index contributed by atoms with van der Waals surface area (Å²) in [6.07, 6.45) is 1.40. The number of hydrogen-bond acceptors (Lipinski definition) is 5. The summed E-state index contributed by atoms with van der Waals surface area (Å²) in [7, 11) is -4.00. The van der Waals surface area contributed by atoms with Crippen LogP contribution in [0.2, 0.25) is 0 Å². The van der Waals surface area contributed by atoms with Crippen LogP contribution >= 0.6 is 0 Å². The predicted octanol–water partition coefficient (Wildman–Crippen LogP) is 1.90. The van der Waals surface area contributed by atoms with Gasteiger partial charge in [-0.15, -0.1) is 10.2 Å². The fourth-order valence-corrected chi connectivity index (χ4v) is 3.61. The number of halogens is 1. The van der Waals surface area contributed by atoms with Crippen LogP contribution < -0.4 is 4.31 Å². The van der Waals surface area contributed by atoms with E-state index < -0.39 is 22.4 Å². The van der Waals surface area contributed by atoms with Crippen molar-refractivity contribution in [3.05, 3.63) is 54.2 Å². The number of sulfonamides is 1. The Morgan fingerprint density at radius 3 is 2.58 bits per heavy atom. The van der Waals surface area contributed by atoms with E-state index >= 15 is 0 Å². The second-order valence-corrected chi connectivity index (χ2v) is 6.85. The summed E-state index contributed by atoms with van der Waals surface area (Å²) < 4.78 is 41.4. The molecule has 0 saturated heterocycles. The van der Waals surface area contributed by atoms with Crippen LogP contribution in [0.5, 0.6) is 0 Å². The zero-order chi connectivity index (χ0) is 17.3. The lowest BCUT2D eigenvalue weighted by Crippen LogP contribution is -2.31. The van der Waals surface area contributed by atoms with Gasteiger partial charge >= 0.3 is 0 Å². The van der Waals surface area contributed by atoms with Crippen LogP contribution in [-0.4, -0.2) is 29.6 Å². The molecule has 0 fully saturated rings. The van der Waals surface area contributed by atoms with Gasteiger partial charge in [0.05, 0.1) is 11.8 Å². The van der Waals surface area contributed by atoms with Gasteiger partial charge in [0.2, 0.25) is 0 Å². The minimum Gasteiger partial charge on any atom is -0.285 e.